The fourth-order valence-electron chi connectivity index (χ4n) is 10.8. The quantitative estimate of drug-likeness (QED) is 0.0672. The zero-order valence-electron chi connectivity index (χ0n) is 45.3. The summed E-state index contributed by atoms with van der Waals surface area (Å²) in [6.45, 7) is 17.6. The third-order valence-corrected chi connectivity index (χ3v) is 15.4. The number of amides is 4. The van der Waals surface area contributed by atoms with Crippen LogP contribution in [0.3, 0.4) is 0 Å². The molecule has 1 unspecified atom stereocenters. The smallest absolute Gasteiger partial charge is 0.274 e. The Labute approximate surface area is 459 Å². The number of piperidine rings is 1. The van der Waals surface area contributed by atoms with E-state index >= 15 is 0 Å². The largest absolute Gasteiger partial charge is 0.387 e. The molecule has 5 N–H and O–H groups in total. The molecule has 3 saturated heterocycles. The Morgan fingerprint density at radius 2 is 1.48 bits per heavy atom. The summed E-state index contributed by atoms with van der Waals surface area (Å²) >= 11 is 5.90. The number of anilines is 2. The van der Waals surface area contributed by atoms with Crippen molar-refractivity contribution in [2.75, 3.05) is 115 Å². The lowest BCUT2D eigenvalue weighted by Gasteiger charge is -2.38. The molecule has 4 amide bonds. The van der Waals surface area contributed by atoms with Gasteiger partial charge in [-0.3, -0.25) is 24.1 Å². The highest BCUT2D eigenvalue weighted by Crippen LogP contribution is 2.43. The second-order valence-electron chi connectivity index (χ2n) is 20.9. The number of carbonyl (C=O) groups excluding carboxylic acids is 4. The second kappa shape index (κ2) is 27.8. The minimum atomic E-state index is -0.501. The van der Waals surface area contributed by atoms with E-state index in [4.69, 9.17) is 11.6 Å². The number of carbonyl (C=O) groups is 4. The number of benzene rings is 3. The number of hydrogen-bond donors (Lipinski definition) is 5. The molecule has 0 saturated carbocycles. The predicted octanol–water partition coefficient (Wildman–Crippen LogP) is 5.72. The Morgan fingerprint density at radius 1 is 0.753 bits per heavy atom. The highest BCUT2D eigenvalue weighted by molar-refractivity contribution is 6.30. The van der Waals surface area contributed by atoms with Crippen molar-refractivity contribution in [1.29, 1.82) is 0 Å². The van der Waals surface area contributed by atoms with E-state index in [-0.39, 0.29) is 41.8 Å². The van der Waals surface area contributed by atoms with Gasteiger partial charge < -0.3 is 46.0 Å². The lowest BCUT2D eigenvalue weighted by atomic mass is 9.95. The lowest BCUT2D eigenvalue weighted by Crippen LogP contribution is -2.51. The van der Waals surface area contributed by atoms with E-state index in [1.165, 1.54) is 17.5 Å². The zero-order valence-corrected chi connectivity index (χ0v) is 46.0. The van der Waals surface area contributed by atoms with Crippen LogP contribution >= 0.6 is 11.6 Å². The van der Waals surface area contributed by atoms with Crippen LogP contribution in [0.15, 0.2) is 91.4 Å². The van der Waals surface area contributed by atoms with Gasteiger partial charge in [0.1, 0.15) is 12.1 Å². The van der Waals surface area contributed by atoms with Crippen LogP contribution in [0.5, 0.6) is 0 Å². The maximum atomic E-state index is 13.9. The van der Waals surface area contributed by atoms with Gasteiger partial charge in [0.2, 0.25) is 17.7 Å². The van der Waals surface area contributed by atoms with Gasteiger partial charge in [0.25, 0.3) is 5.91 Å². The molecular formula is C59H77ClN12O5. The molecule has 5 heterocycles. The first-order valence-corrected chi connectivity index (χ1v) is 27.8. The van der Waals surface area contributed by atoms with Crippen LogP contribution in [0.25, 0.3) is 11.1 Å². The first kappa shape index (κ1) is 56.9. The molecule has 2 aromatic heterocycles. The van der Waals surface area contributed by atoms with Crippen molar-refractivity contribution in [3.05, 3.63) is 136 Å². The number of aliphatic hydroxyl groups excluding tert-OH is 1. The molecule has 77 heavy (non-hydrogen) atoms. The van der Waals surface area contributed by atoms with Crippen molar-refractivity contribution < 1.29 is 24.3 Å². The van der Waals surface area contributed by atoms with Crippen molar-refractivity contribution in [3.63, 3.8) is 0 Å². The van der Waals surface area contributed by atoms with E-state index in [2.05, 4.69) is 83.0 Å². The molecule has 0 bridgehead atoms. The summed E-state index contributed by atoms with van der Waals surface area (Å²) in [6.07, 6.45) is 6.62. The molecule has 5 aromatic rings. The summed E-state index contributed by atoms with van der Waals surface area (Å²) in [5.41, 5.74) is 8.85. The Morgan fingerprint density at radius 3 is 2.21 bits per heavy atom. The number of piperazine rings is 2. The third-order valence-electron chi connectivity index (χ3n) is 15.2. The monoisotopic (exact) mass is 1070 g/mol. The van der Waals surface area contributed by atoms with Crippen LogP contribution in [-0.4, -0.2) is 169 Å². The fourth-order valence-corrected chi connectivity index (χ4v) is 10.9. The van der Waals surface area contributed by atoms with E-state index in [1.54, 1.807) is 6.20 Å². The average molecular weight is 1070 g/mol. The zero-order chi connectivity index (χ0) is 54.3. The molecule has 9 rings (SSSR count). The van der Waals surface area contributed by atoms with Crippen molar-refractivity contribution in [1.82, 2.24) is 50.5 Å². The van der Waals surface area contributed by atoms with Gasteiger partial charge in [-0.15, -0.1) is 0 Å². The van der Waals surface area contributed by atoms with E-state index in [0.717, 1.165) is 111 Å². The van der Waals surface area contributed by atoms with E-state index in [1.807, 2.05) is 84.4 Å². The number of fused-ring (bicyclic) bond motifs is 1. The Kier molecular flexibility index (Phi) is 20.5. The van der Waals surface area contributed by atoms with Gasteiger partial charge in [-0.05, 0) is 91.9 Å². The summed E-state index contributed by atoms with van der Waals surface area (Å²) in [6, 6.07) is 25.8. The van der Waals surface area contributed by atoms with Crippen LogP contribution in [0.2, 0.25) is 5.02 Å². The number of aromatic nitrogens is 3. The van der Waals surface area contributed by atoms with Gasteiger partial charge in [-0.1, -0.05) is 91.7 Å². The molecule has 4 aliphatic rings. The molecule has 18 heteroatoms. The van der Waals surface area contributed by atoms with Gasteiger partial charge in [0.15, 0.2) is 5.69 Å². The Hall–Kier alpha value is -6.34. The molecule has 3 fully saturated rings. The first-order chi connectivity index (χ1) is 37.3. The lowest BCUT2D eigenvalue weighted by molar-refractivity contribution is -0.130. The minimum Gasteiger partial charge on any atom is -0.387 e. The molecule has 0 spiro atoms. The van der Waals surface area contributed by atoms with Crippen LogP contribution in [0, 0.1) is 12.8 Å². The van der Waals surface area contributed by atoms with E-state index < -0.39 is 6.10 Å². The van der Waals surface area contributed by atoms with Gasteiger partial charge in [-0.25, -0.2) is 15.0 Å². The van der Waals surface area contributed by atoms with E-state index in [0.29, 0.717) is 75.3 Å². The Balaban J connectivity index is 0.000000243. The van der Waals surface area contributed by atoms with Gasteiger partial charge >= 0.3 is 0 Å². The van der Waals surface area contributed by atoms with Gasteiger partial charge in [0.05, 0.1) is 37.0 Å². The number of nitrogens with one attached hydrogen (secondary N) is 4. The van der Waals surface area contributed by atoms with Crippen LogP contribution < -0.4 is 26.2 Å². The average Bonchev–Trinajstić information content (AvgIpc) is 3.76. The number of halogens is 1. The molecule has 1 aliphatic carbocycles. The molecule has 3 aliphatic heterocycles. The highest BCUT2D eigenvalue weighted by atomic mass is 35.5. The Bertz CT molecular complexity index is 2780. The number of nitrogens with zero attached hydrogens (tertiary/aromatic N) is 8. The number of hydrogen-bond acceptors (Lipinski definition) is 13. The molecule has 3 aromatic carbocycles. The summed E-state index contributed by atoms with van der Waals surface area (Å²) in [7, 11) is 1.88. The first-order valence-electron chi connectivity index (χ1n) is 27.4. The standard InChI is InChI=1S/C39H54N8O3.C20H23ClN4O2/c1-4-30-8-6-10-33(22-30)34-23-35(44-36(48)26-41-24-32-9-5-7-29(2)21-32)38(43-25-34)39(50)47-15-11-31(12-16-47)27-45-17-19-46(20-18-45)28-37(49)42-14-13-40-3;1-13-10-16(26)19-18(13)20(23-12-22-19)25-8-6-24(7-9-25)17(27)11-14-2-4-15(21)5-3-14/h5-10,21-23,25,31,40-41H,4,11-20,24,26-28H2,1-3H3,(H,42,49)(H,44,48);2-5,12-13,16,26H,6-11H2,1H3/t;13-,16?/m.1/s1. The molecule has 410 valence electrons. The summed E-state index contributed by atoms with van der Waals surface area (Å²) in [5.74, 6) is 1.51. The number of aryl methyl sites for hydroxylation is 2. The number of pyridine rings is 1. The third kappa shape index (κ3) is 15.9. The molecule has 0 radical (unpaired) electrons. The second-order valence-corrected chi connectivity index (χ2v) is 21.3. The normalized spacial score (nSPS) is 18.1. The summed E-state index contributed by atoms with van der Waals surface area (Å²) < 4.78 is 0. The van der Waals surface area contributed by atoms with E-state index in [9.17, 15) is 24.3 Å². The van der Waals surface area contributed by atoms with Crippen molar-refractivity contribution in [3.8, 4) is 11.1 Å². The molecule has 2 atom stereocenters. The SMILES string of the molecule is CCc1cccc(-c2cnc(C(=O)N3CCC(CN4CCN(CC(=O)NCCNC)CC4)CC3)c(NC(=O)CNCc3cccc(C)c3)c2)c1.C[C@@H]1CC(O)c2ncnc(N3CCN(C(=O)Cc4ccc(Cl)cc4)CC3)c21. The van der Waals surface area contributed by atoms with Gasteiger partial charge in [-0.2, -0.15) is 0 Å². The van der Waals surface area contributed by atoms with Crippen LogP contribution in [-0.2, 0) is 33.8 Å². The minimum absolute atomic E-state index is 0.0816. The van der Waals surface area contributed by atoms with Gasteiger partial charge in [0, 0.05) is 114 Å². The predicted molar refractivity (Wildman–Crippen MR) is 303 cm³/mol. The fraction of sp³-hybridized carbons (Fsp3) is 0.475. The topological polar surface area (TPSA) is 192 Å². The van der Waals surface area contributed by atoms with Crippen molar-refractivity contribution >= 4 is 46.7 Å². The summed E-state index contributed by atoms with van der Waals surface area (Å²) in [5, 5.41) is 23.1. The number of likely N-dealkylation sites (N-methyl/N-ethyl adjacent to an activating group) is 1. The highest BCUT2D eigenvalue weighted by Gasteiger charge is 2.34. The number of rotatable bonds is 18. The van der Waals surface area contributed by atoms with Crippen molar-refractivity contribution in [2.45, 2.75) is 71.4 Å². The number of likely N-dealkylation sites (tertiary alicyclic amines) is 1. The maximum Gasteiger partial charge on any atom is 0.274 e. The molecule has 17 nitrogen and oxygen atoms in total. The van der Waals surface area contributed by atoms with Crippen molar-refractivity contribution in [2.24, 2.45) is 5.92 Å². The van der Waals surface area contributed by atoms with Crippen LogP contribution in [0.4, 0.5) is 11.5 Å². The number of aliphatic hydroxyl groups is 1. The maximum absolute atomic E-state index is 13.9. The van der Waals surface area contributed by atoms with Crippen LogP contribution in [0.1, 0.15) is 89.1 Å². The summed E-state index contributed by atoms with van der Waals surface area (Å²) in [4.78, 5) is 76.0. The molecular weight excluding hydrogens is 992 g/mol.